The number of amides is 1. The van der Waals surface area contributed by atoms with E-state index in [0.717, 1.165) is 43.5 Å². The number of nitrogens with one attached hydrogen (secondary N) is 2. The lowest BCUT2D eigenvalue weighted by Crippen LogP contribution is -2.35. The fourth-order valence-corrected chi connectivity index (χ4v) is 3.81. The monoisotopic (exact) mass is 417 g/mol. The van der Waals surface area contributed by atoms with E-state index in [0.29, 0.717) is 6.54 Å². The van der Waals surface area contributed by atoms with Gasteiger partial charge >= 0.3 is 0 Å². The summed E-state index contributed by atoms with van der Waals surface area (Å²) in [6.07, 6.45) is 3.34. The van der Waals surface area contributed by atoms with Gasteiger partial charge in [0.1, 0.15) is 11.9 Å². The van der Waals surface area contributed by atoms with Gasteiger partial charge in [-0.2, -0.15) is 0 Å². The van der Waals surface area contributed by atoms with Gasteiger partial charge in [-0.1, -0.05) is 24.3 Å². The zero-order valence-corrected chi connectivity index (χ0v) is 17.5. The van der Waals surface area contributed by atoms with Crippen molar-refractivity contribution in [2.75, 3.05) is 31.1 Å². The largest absolute Gasteiger partial charge is 0.490 e. The molecule has 0 unspecified atom stereocenters. The Kier molecular flexibility index (Phi) is 6.76. The van der Waals surface area contributed by atoms with Crippen LogP contribution in [0.15, 0.2) is 48.5 Å². The normalized spacial score (nSPS) is 15.7. The number of likely N-dealkylation sites (tertiary alicyclic amines) is 1. The number of piperidine rings is 1. The van der Waals surface area contributed by atoms with Crippen LogP contribution in [0.4, 0.5) is 5.69 Å². The quantitative estimate of drug-likeness (QED) is 0.723. The van der Waals surface area contributed by atoms with Crippen LogP contribution >= 0.6 is 0 Å². The molecule has 0 radical (unpaired) electrons. The van der Waals surface area contributed by atoms with Crippen molar-refractivity contribution in [1.82, 2.24) is 10.2 Å². The fraction of sp³-hybridized carbons (Fsp3) is 0.381. The molecular formula is C21H27N3O4S. The molecule has 1 aliphatic rings. The SMILES string of the molecule is CN1CCC(Oc2ccc(CNC(=O)c3ccccc3NS(C)(=O)=O)cc2)CC1. The summed E-state index contributed by atoms with van der Waals surface area (Å²) in [5, 5.41) is 2.83. The Morgan fingerprint density at radius 1 is 1.10 bits per heavy atom. The predicted octanol–water partition coefficient (Wildman–Crippen LogP) is 2.46. The number of ether oxygens (including phenoxy) is 1. The number of rotatable bonds is 7. The van der Waals surface area contributed by atoms with Gasteiger partial charge in [-0.25, -0.2) is 8.42 Å². The number of sulfonamides is 1. The number of para-hydroxylation sites is 1. The molecule has 2 aromatic rings. The van der Waals surface area contributed by atoms with Crippen molar-refractivity contribution in [2.24, 2.45) is 0 Å². The van der Waals surface area contributed by atoms with Gasteiger partial charge in [-0.3, -0.25) is 9.52 Å². The first kappa shape index (κ1) is 21.1. The van der Waals surface area contributed by atoms with Crippen LogP contribution in [0.5, 0.6) is 5.75 Å². The van der Waals surface area contributed by atoms with E-state index in [1.54, 1.807) is 24.3 Å². The van der Waals surface area contributed by atoms with E-state index in [1.807, 2.05) is 24.3 Å². The average molecular weight is 418 g/mol. The van der Waals surface area contributed by atoms with Crippen LogP contribution in [0.2, 0.25) is 0 Å². The van der Waals surface area contributed by atoms with Crippen LogP contribution in [0.1, 0.15) is 28.8 Å². The summed E-state index contributed by atoms with van der Waals surface area (Å²) in [6, 6.07) is 14.2. The van der Waals surface area contributed by atoms with Gasteiger partial charge in [0.25, 0.3) is 5.91 Å². The van der Waals surface area contributed by atoms with Crippen molar-refractivity contribution >= 4 is 21.6 Å². The lowest BCUT2D eigenvalue weighted by molar-refractivity contribution is 0.0952. The molecule has 0 aliphatic carbocycles. The molecule has 1 fully saturated rings. The molecule has 1 saturated heterocycles. The molecule has 2 N–H and O–H groups in total. The minimum Gasteiger partial charge on any atom is -0.490 e. The molecule has 0 atom stereocenters. The van der Waals surface area contributed by atoms with Crippen molar-refractivity contribution in [2.45, 2.75) is 25.5 Å². The highest BCUT2D eigenvalue weighted by Gasteiger charge is 2.18. The van der Waals surface area contributed by atoms with Crippen molar-refractivity contribution in [3.63, 3.8) is 0 Å². The summed E-state index contributed by atoms with van der Waals surface area (Å²) < 4.78 is 31.4. The Bertz CT molecular complexity index is 937. The second-order valence-electron chi connectivity index (χ2n) is 7.37. The van der Waals surface area contributed by atoms with Gasteiger partial charge in [-0.05, 0) is 49.7 Å². The minimum absolute atomic E-state index is 0.246. The van der Waals surface area contributed by atoms with Crippen LogP contribution in [0, 0.1) is 0 Å². The fourth-order valence-electron chi connectivity index (χ4n) is 3.23. The Labute approximate surface area is 172 Å². The van der Waals surface area contributed by atoms with Crippen molar-refractivity contribution in [3.8, 4) is 5.75 Å². The first-order valence-corrected chi connectivity index (χ1v) is 11.5. The van der Waals surface area contributed by atoms with Crippen molar-refractivity contribution < 1.29 is 17.9 Å². The van der Waals surface area contributed by atoms with Crippen LogP contribution in [0.3, 0.4) is 0 Å². The van der Waals surface area contributed by atoms with Crippen molar-refractivity contribution in [1.29, 1.82) is 0 Å². The maximum Gasteiger partial charge on any atom is 0.253 e. The standard InChI is InChI=1S/C21H27N3O4S/c1-24-13-11-18(12-14-24)28-17-9-7-16(8-10-17)15-22-21(25)19-5-3-4-6-20(19)23-29(2,26)27/h3-10,18,23H,11-15H2,1-2H3,(H,22,25). The number of nitrogens with zero attached hydrogens (tertiary/aromatic N) is 1. The molecule has 0 spiro atoms. The summed E-state index contributed by atoms with van der Waals surface area (Å²) in [6.45, 7) is 2.43. The molecule has 29 heavy (non-hydrogen) atoms. The van der Waals surface area contributed by atoms with Gasteiger partial charge in [0, 0.05) is 19.6 Å². The number of carbonyl (C=O) groups is 1. The number of anilines is 1. The lowest BCUT2D eigenvalue weighted by Gasteiger charge is -2.29. The molecule has 1 heterocycles. The van der Waals surface area contributed by atoms with E-state index < -0.39 is 10.0 Å². The lowest BCUT2D eigenvalue weighted by atomic mass is 10.1. The zero-order chi connectivity index (χ0) is 20.9. The molecule has 156 valence electrons. The third-order valence-electron chi connectivity index (χ3n) is 4.81. The molecule has 1 aliphatic heterocycles. The Morgan fingerprint density at radius 3 is 2.41 bits per heavy atom. The Hall–Kier alpha value is -2.58. The summed E-state index contributed by atoms with van der Waals surface area (Å²) >= 11 is 0. The van der Waals surface area contributed by atoms with Gasteiger partial charge in [0.15, 0.2) is 0 Å². The van der Waals surface area contributed by atoms with E-state index in [9.17, 15) is 13.2 Å². The summed E-state index contributed by atoms with van der Waals surface area (Å²) in [4.78, 5) is 14.8. The number of carbonyl (C=O) groups excluding carboxylic acids is 1. The summed E-state index contributed by atoms with van der Waals surface area (Å²) in [5.41, 5.74) is 1.47. The maximum atomic E-state index is 12.5. The third kappa shape index (κ3) is 6.47. The van der Waals surface area contributed by atoms with E-state index in [-0.39, 0.29) is 23.3 Å². The highest BCUT2D eigenvalue weighted by molar-refractivity contribution is 7.92. The molecule has 1 amide bonds. The zero-order valence-electron chi connectivity index (χ0n) is 16.7. The number of hydrogen-bond donors (Lipinski definition) is 2. The number of benzene rings is 2. The smallest absolute Gasteiger partial charge is 0.253 e. The topological polar surface area (TPSA) is 87.7 Å². The minimum atomic E-state index is -3.47. The second kappa shape index (κ2) is 9.28. The Balaban J connectivity index is 1.56. The first-order valence-electron chi connectivity index (χ1n) is 9.59. The highest BCUT2D eigenvalue weighted by Crippen LogP contribution is 2.20. The molecule has 3 rings (SSSR count). The van der Waals surface area contributed by atoms with Gasteiger partial charge in [-0.15, -0.1) is 0 Å². The average Bonchev–Trinajstić information content (AvgIpc) is 2.68. The molecule has 0 bridgehead atoms. The van der Waals surface area contributed by atoms with Crippen LogP contribution in [0.25, 0.3) is 0 Å². The molecule has 2 aromatic carbocycles. The predicted molar refractivity (Wildman–Crippen MR) is 114 cm³/mol. The van der Waals surface area contributed by atoms with Gasteiger partial charge in [0.05, 0.1) is 17.5 Å². The van der Waals surface area contributed by atoms with E-state index in [2.05, 4.69) is 22.0 Å². The van der Waals surface area contributed by atoms with Crippen LogP contribution < -0.4 is 14.8 Å². The maximum absolute atomic E-state index is 12.5. The Morgan fingerprint density at radius 2 is 1.76 bits per heavy atom. The van der Waals surface area contributed by atoms with Crippen molar-refractivity contribution in [3.05, 3.63) is 59.7 Å². The van der Waals surface area contributed by atoms with Crippen LogP contribution in [-0.2, 0) is 16.6 Å². The van der Waals surface area contributed by atoms with Gasteiger partial charge in [0.2, 0.25) is 10.0 Å². The van der Waals surface area contributed by atoms with E-state index in [1.165, 1.54) is 0 Å². The highest BCUT2D eigenvalue weighted by atomic mass is 32.2. The first-order chi connectivity index (χ1) is 13.8. The van der Waals surface area contributed by atoms with Crippen LogP contribution in [-0.4, -0.2) is 51.7 Å². The molecule has 0 aromatic heterocycles. The molecule has 0 saturated carbocycles. The van der Waals surface area contributed by atoms with E-state index in [4.69, 9.17) is 4.74 Å². The third-order valence-corrected chi connectivity index (χ3v) is 5.40. The summed E-state index contributed by atoms with van der Waals surface area (Å²) in [5.74, 6) is 0.487. The van der Waals surface area contributed by atoms with E-state index >= 15 is 0 Å². The molecular weight excluding hydrogens is 390 g/mol. The molecule has 8 heteroatoms. The van der Waals surface area contributed by atoms with Gasteiger partial charge < -0.3 is 15.0 Å². The number of hydrogen-bond acceptors (Lipinski definition) is 5. The molecule has 7 nitrogen and oxygen atoms in total. The second-order valence-corrected chi connectivity index (χ2v) is 9.12. The summed E-state index contributed by atoms with van der Waals surface area (Å²) in [7, 11) is -1.35.